The lowest BCUT2D eigenvalue weighted by Gasteiger charge is -2.23. The van der Waals surface area contributed by atoms with Crippen molar-refractivity contribution in [1.29, 1.82) is 0 Å². The fourth-order valence-corrected chi connectivity index (χ4v) is 3.41. The maximum absolute atomic E-state index is 7.75. The molecule has 3 heterocycles. The number of hydrogen-bond acceptors (Lipinski definition) is 5. The monoisotopic (exact) mass is 304 g/mol. The van der Waals surface area contributed by atoms with Gasteiger partial charge in [-0.1, -0.05) is 12.1 Å². The van der Waals surface area contributed by atoms with Gasteiger partial charge in [-0.2, -0.15) is 5.10 Å². The number of rotatable bonds is 2. The molecule has 7 nitrogen and oxygen atoms in total. The van der Waals surface area contributed by atoms with Gasteiger partial charge in [0.05, 0.1) is 12.1 Å². The molecule has 2 aliphatic rings. The fourth-order valence-electron chi connectivity index (χ4n) is 3.41. The first kappa shape index (κ1) is 12.5. The molecule has 1 N–H and O–H groups in total. The van der Waals surface area contributed by atoms with Crippen LogP contribution in [0.25, 0.3) is 15.9 Å². The Balaban J connectivity index is 1.76. The van der Waals surface area contributed by atoms with E-state index in [2.05, 4.69) is 30.3 Å². The summed E-state index contributed by atoms with van der Waals surface area (Å²) < 4.78 is 4.89. The van der Waals surface area contributed by atoms with E-state index >= 15 is 0 Å². The van der Waals surface area contributed by atoms with Crippen LogP contribution in [0.4, 0.5) is 5.82 Å². The highest BCUT2D eigenvalue weighted by molar-refractivity contribution is 6.00. The van der Waals surface area contributed by atoms with E-state index in [9.17, 15) is 0 Å². The number of aliphatic imine (C=N–C) groups is 1. The average molecular weight is 304 g/mol. The zero-order valence-corrected chi connectivity index (χ0v) is 12.1. The fraction of sp³-hybridized carbons (Fsp3) is 0.312. The van der Waals surface area contributed by atoms with E-state index in [4.69, 9.17) is 11.2 Å². The van der Waals surface area contributed by atoms with Crippen LogP contribution in [0, 0.1) is 12.5 Å². The quantitative estimate of drug-likeness (QED) is 0.738. The first-order chi connectivity index (χ1) is 11.4. The number of H-pyrrole nitrogens is 1. The van der Waals surface area contributed by atoms with E-state index in [-0.39, 0.29) is 12.0 Å². The molecule has 1 aliphatic carbocycles. The summed E-state index contributed by atoms with van der Waals surface area (Å²) in [7, 11) is 0. The standard InChI is InChI=1S/C16H12N6O/c1-17-15-12(9-3-2-4-11-14(9)22-23-21-11)10-7-18-20-16(10)19-13(15)8-5-6-8/h2-4,7-8,12,15H,5-6H2,(H,18,20). The lowest BCUT2D eigenvalue weighted by molar-refractivity contribution is 0.315. The first-order valence-electron chi connectivity index (χ1n) is 7.56. The van der Waals surface area contributed by atoms with E-state index in [1.165, 1.54) is 0 Å². The van der Waals surface area contributed by atoms with E-state index in [0.29, 0.717) is 17.0 Å². The van der Waals surface area contributed by atoms with Crippen molar-refractivity contribution < 1.29 is 4.63 Å². The molecule has 1 aliphatic heterocycles. The van der Waals surface area contributed by atoms with Crippen LogP contribution in [0.15, 0.2) is 34.0 Å². The molecule has 112 valence electrons. The summed E-state index contributed by atoms with van der Waals surface area (Å²) in [6.45, 7) is 7.75. The Morgan fingerprint density at radius 3 is 2.96 bits per heavy atom. The van der Waals surface area contributed by atoms with E-state index < -0.39 is 0 Å². The van der Waals surface area contributed by atoms with Crippen LogP contribution in [0.5, 0.6) is 0 Å². The Hall–Kier alpha value is -3.01. The van der Waals surface area contributed by atoms with Gasteiger partial charge < -0.3 is 4.85 Å². The predicted molar refractivity (Wildman–Crippen MR) is 82.4 cm³/mol. The van der Waals surface area contributed by atoms with Gasteiger partial charge in [0.25, 0.3) is 6.04 Å². The smallest absolute Gasteiger partial charge is 0.272 e. The van der Waals surface area contributed by atoms with E-state index in [1.54, 1.807) is 6.20 Å². The summed E-state index contributed by atoms with van der Waals surface area (Å²) in [5, 5.41) is 15.1. The summed E-state index contributed by atoms with van der Waals surface area (Å²) in [6.07, 6.45) is 3.98. The topological polar surface area (TPSA) is 84.3 Å². The maximum Gasteiger partial charge on any atom is 0.272 e. The molecule has 0 saturated heterocycles. The third-order valence-electron chi connectivity index (χ3n) is 4.63. The lowest BCUT2D eigenvalue weighted by atomic mass is 9.80. The van der Waals surface area contributed by atoms with Gasteiger partial charge in [0.1, 0.15) is 16.7 Å². The third-order valence-corrected chi connectivity index (χ3v) is 4.63. The van der Waals surface area contributed by atoms with Gasteiger partial charge in [-0.05, 0) is 34.8 Å². The summed E-state index contributed by atoms with van der Waals surface area (Å²) in [4.78, 5) is 8.60. The Morgan fingerprint density at radius 2 is 2.13 bits per heavy atom. The molecule has 7 heteroatoms. The second-order valence-electron chi connectivity index (χ2n) is 6.02. The van der Waals surface area contributed by atoms with E-state index in [1.807, 2.05) is 18.2 Å². The van der Waals surface area contributed by atoms with Crippen molar-refractivity contribution in [1.82, 2.24) is 20.5 Å². The maximum atomic E-state index is 7.75. The molecule has 2 aromatic heterocycles. The predicted octanol–water partition coefficient (Wildman–Crippen LogP) is 2.86. The van der Waals surface area contributed by atoms with Gasteiger partial charge in [-0.3, -0.25) is 5.10 Å². The minimum atomic E-state index is -0.324. The molecule has 5 rings (SSSR count). The second-order valence-corrected chi connectivity index (χ2v) is 6.02. The van der Waals surface area contributed by atoms with Gasteiger partial charge in [-0.15, -0.1) is 0 Å². The summed E-state index contributed by atoms with van der Waals surface area (Å²) >= 11 is 0. The highest BCUT2D eigenvalue weighted by Crippen LogP contribution is 2.46. The zero-order chi connectivity index (χ0) is 15.4. The number of fused-ring (bicyclic) bond motifs is 2. The van der Waals surface area contributed by atoms with Crippen LogP contribution in [0.1, 0.15) is 29.9 Å². The van der Waals surface area contributed by atoms with Gasteiger partial charge in [0.2, 0.25) is 0 Å². The molecule has 1 saturated carbocycles. The second kappa shape index (κ2) is 4.49. The van der Waals surface area contributed by atoms with Crippen molar-refractivity contribution in [3.63, 3.8) is 0 Å². The summed E-state index contributed by atoms with van der Waals surface area (Å²) in [6, 6.07) is 5.44. The molecule has 1 aromatic carbocycles. The molecule has 0 amide bonds. The van der Waals surface area contributed by atoms with Crippen LogP contribution in [0.3, 0.4) is 0 Å². The van der Waals surface area contributed by atoms with Gasteiger partial charge in [0.15, 0.2) is 5.82 Å². The minimum absolute atomic E-state index is 0.148. The van der Waals surface area contributed by atoms with Crippen LogP contribution in [0.2, 0.25) is 0 Å². The Kier molecular flexibility index (Phi) is 2.45. The Labute approximate surface area is 131 Å². The molecule has 0 bridgehead atoms. The number of nitrogens with one attached hydrogen (secondary N) is 1. The molecule has 2 unspecified atom stereocenters. The van der Waals surface area contributed by atoms with Crippen LogP contribution in [-0.2, 0) is 0 Å². The molecule has 23 heavy (non-hydrogen) atoms. The normalized spacial score (nSPS) is 23.3. The van der Waals surface area contributed by atoms with Crippen LogP contribution in [-0.4, -0.2) is 32.3 Å². The van der Waals surface area contributed by atoms with Gasteiger partial charge in [-0.25, -0.2) is 16.2 Å². The summed E-state index contributed by atoms with van der Waals surface area (Å²) in [5.41, 5.74) is 4.25. The third kappa shape index (κ3) is 1.75. The van der Waals surface area contributed by atoms with Gasteiger partial charge >= 0.3 is 0 Å². The number of hydrogen-bond donors (Lipinski definition) is 1. The van der Waals surface area contributed by atoms with Crippen molar-refractivity contribution in [2.75, 3.05) is 0 Å². The first-order valence-corrected chi connectivity index (χ1v) is 7.56. The highest BCUT2D eigenvalue weighted by atomic mass is 16.6. The van der Waals surface area contributed by atoms with Crippen LogP contribution >= 0.6 is 0 Å². The molecule has 0 spiro atoms. The molecule has 0 radical (unpaired) electrons. The van der Waals surface area contributed by atoms with E-state index in [0.717, 1.165) is 35.5 Å². The molecule has 1 fully saturated rings. The molecule has 2 atom stereocenters. The lowest BCUT2D eigenvalue weighted by Crippen LogP contribution is -2.30. The largest absolute Gasteiger partial charge is 0.306 e. The van der Waals surface area contributed by atoms with Crippen molar-refractivity contribution in [3.05, 3.63) is 46.9 Å². The SMILES string of the molecule is [C-]#[N+]C1C(C2CC2)=Nc2[nH]ncc2C1c1cccc2nonc12. The Morgan fingerprint density at radius 1 is 1.22 bits per heavy atom. The van der Waals surface area contributed by atoms with Crippen molar-refractivity contribution in [2.45, 2.75) is 24.8 Å². The summed E-state index contributed by atoms with van der Waals surface area (Å²) in [5.74, 6) is 1.03. The number of nitrogens with zero attached hydrogens (tertiary/aromatic N) is 5. The minimum Gasteiger partial charge on any atom is -0.306 e. The Bertz CT molecular complexity index is 974. The van der Waals surface area contributed by atoms with Crippen molar-refractivity contribution >= 4 is 22.6 Å². The van der Waals surface area contributed by atoms with Gasteiger partial charge in [0, 0.05) is 11.5 Å². The molecule has 3 aromatic rings. The van der Waals surface area contributed by atoms with Crippen LogP contribution < -0.4 is 0 Å². The van der Waals surface area contributed by atoms with Crippen molar-refractivity contribution in [2.24, 2.45) is 10.9 Å². The number of benzene rings is 1. The average Bonchev–Trinajstić information content (AvgIpc) is 3.12. The van der Waals surface area contributed by atoms with Crippen molar-refractivity contribution in [3.8, 4) is 0 Å². The highest BCUT2D eigenvalue weighted by Gasteiger charge is 2.46. The number of aromatic amines is 1. The molecular formula is C16H12N6O. The zero-order valence-electron chi connectivity index (χ0n) is 12.1. The molecular weight excluding hydrogens is 292 g/mol. The number of aromatic nitrogens is 4.